The smallest absolute Gasteiger partial charge is 0.326 e. The molecule has 0 aliphatic carbocycles. The summed E-state index contributed by atoms with van der Waals surface area (Å²) in [5.74, 6) is -2.85. The molecule has 0 aromatic carbocycles. The fourth-order valence-electron chi connectivity index (χ4n) is 1.23. The quantitative estimate of drug-likeness (QED) is 0.336. The average molecular weight is 311 g/mol. The number of sulfonamides is 1. The van der Waals surface area contributed by atoms with Gasteiger partial charge in [-0.15, -0.1) is 0 Å². The fourth-order valence-corrected chi connectivity index (χ4v) is 1.62. The molecular weight excluding hydrogens is 294 g/mol. The van der Waals surface area contributed by atoms with Crippen LogP contribution in [0.1, 0.15) is 19.3 Å². The van der Waals surface area contributed by atoms with Crippen LogP contribution in [-0.4, -0.2) is 54.9 Å². The Hall–Kier alpha value is -1.88. The van der Waals surface area contributed by atoms with Gasteiger partial charge >= 0.3 is 18.0 Å². The lowest BCUT2D eigenvalue weighted by Gasteiger charge is -2.14. The predicted octanol–water partition coefficient (Wildman–Crippen LogP) is -1.72. The third kappa shape index (κ3) is 10.1. The molecule has 116 valence electrons. The molecule has 20 heavy (non-hydrogen) atoms. The van der Waals surface area contributed by atoms with Crippen molar-refractivity contribution < 1.29 is 33.0 Å². The van der Waals surface area contributed by atoms with Crippen LogP contribution in [0.2, 0.25) is 0 Å². The van der Waals surface area contributed by atoms with E-state index in [1.807, 2.05) is 0 Å². The molecule has 2 amide bonds. The van der Waals surface area contributed by atoms with E-state index in [9.17, 15) is 22.8 Å². The summed E-state index contributed by atoms with van der Waals surface area (Å²) >= 11 is 0. The molecule has 10 nitrogen and oxygen atoms in total. The molecule has 0 heterocycles. The molecule has 0 saturated carbocycles. The van der Waals surface area contributed by atoms with E-state index in [1.54, 1.807) is 0 Å². The van der Waals surface area contributed by atoms with Gasteiger partial charge in [0.05, 0.1) is 5.75 Å². The van der Waals surface area contributed by atoms with Gasteiger partial charge in [-0.3, -0.25) is 4.79 Å². The minimum absolute atomic E-state index is 0.0513. The average Bonchev–Trinajstić information content (AvgIpc) is 2.25. The number of nitrogens with two attached hydrogens (primary N) is 1. The highest BCUT2D eigenvalue weighted by Crippen LogP contribution is 2.01. The Morgan fingerprint density at radius 1 is 1.20 bits per heavy atom. The van der Waals surface area contributed by atoms with Crippen molar-refractivity contribution in [1.29, 1.82) is 0 Å². The summed E-state index contributed by atoms with van der Waals surface area (Å²) in [4.78, 5) is 32.4. The van der Waals surface area contributed by atoms with E-state index in [2.05, 4.69) is 10.6 Å². The van der Waals surface area contributed by atoms with Gasteiger partial charge in [-0.2, -0.15) is 0 Å². The van der Waals surface area contributed by atoms with Gasteiger partial charge in [0.2, 0.25) is 10.0 Å². The van der Waals surface area contributed by atoms with Crippen molar-refractivity contribution in [3.8, 4) is 0 Å². The van der Waals surface area contributed by atoms with Crippen molar-refractivity contribution in [3.63, 3.8) is 0 Å². The molecule has 0 aromatic rings. The molecule has 0 saturated heterocycles. The molecule has 0 aliphatic rings. The zero-order valence-corrected chi connectivity index (χ0v) is 11.4. The first-order valence-corrected chi connectivity index (χ1v) is 7.33. The summed E-state index contributed by atoms with van der Waals surface area (Å²) in [6.45, 7) is -0.258. The summed E-state index contributed by atoms with van der Waals surface area (Å²) in [6.07, 6.45) is -0.174. The number of carboxylic acid groups (broad SMARTS) is 2. The van der Waals surface area contributed by atoms with Gasteiger partial charge in [0.25, 0.3) is 0 Å². The third-order valence-corrected chi connectivity index (χ3v) is 2.93. The lowest BCUT2D eigenvalue weighted by molar-refractivity contribution is -0.140. The number of primary sulfonamides is 1. The molecule has 0 aromatic heterocycles. The highest BCUT2D eigenvalue weighted by molar-refractivity contribution is 7.89. The maximum atomic E-state index is 11.3. The van der Waals surface area contributed by atoms with Crippen LogP contribution >= 0.6 is 0 Å². The number of carbonyl (C=O) groups excluding carboxylic acids is 1. The normalized spacial score (nSPS) is 12.4. The summed E-state index contributed by atoms with van der Waals surface area (Å²) in [5.41, 5.74) is 0. The number of hydrogen-bond acceptors (Lipinski definition) is 5. The van der Waals surface area contributed by atoms with Gasteiger partial charge in [-0.25, -0.2) is 23.1 Å². The fraction of sp³-hybridized carbons (Fsp3) is 0.667. The maximum absolute atomic E-state index is 11.3. The molecule has 0 radical (unpaired) electrons. The Bertz CT molecular complexity index is 462. The molecule has 11 heteroatoms. The van der Waals surface area contributed by atoms with Crippen LogP contribution < -0.4 is 15.8 Å². The number of carboxylic acids is 2. The van der Waals surface area contributed by atoms with E-state index in [-0.39, 0.29) is 25.8 Å². The van der Waals surface area contributed by atoms with E-state index in [0.717, 1.165) is 0 Å². The van der Waals surface area contributed by atoms with Crippen LogP contribution in [0.25, 0.3) is 0 Å². The monoisotopic (exact) mass is 311 g/mol. The van der Waals surface area contributed by atoms with Gasteiger partial charge < -0.3 is 20.8 Å². The van der Waals surface area contributed by atoms with Crippen LogP contribution in [0, 0.1) is 0 Å². The number of aliphatic carboxylic acids is 2. The summed E-state index contributed by atoms with van der Waals surface area (Å²) in [7, 11) is -3.71. The summed E-state index contributed by atoms with van der Waals surface area (Å²) in [5, 5.41) is 26.2. The number of carbonyl (C=O) groups is 3. The van der Waals surface area contributed by atoms with Gasteiger partial charge in [0.1, 0.15) is 6.04 Å². The standard InChI is InChI=1S/C9H17N3O7S/c10-20(18,19)5-4-11-9(17)12-6(8(15)16)2-1-3-7(13)14/h6H,1-5H2,(H,13,14)(H,15,16)(H2,10,18,19)(H2,11,12,17)/t6-/m1/s1. The molecule has 0 rings (SSSR count). The minimum atomic E-state index is -3.71. The van der Waals surface area contributed by atoms with Crippen LogP contribution in [0.3, 0.4) is 0 Å². The number of hydrogen-bond donors (Lipinski definition) is 5. The van der Waals surface area contributed by atoms with Crippen molar-refractivity contribution in [3.05, 3.63) is 0 Å². The molecular formula is C9H17N3O7S. The van der Waals surface area contributed by atoms with Crippen LogP contribution in [0.15, 0.2) is 0 Å². The van der Waals surface area contributed by atoms with Crippen LogP contribution in [0.4, 0.5) is 4.79 Å². The second kappa shape index (κ2) is 8.32. The molecule has 6 N–H and O–H groups in total. The Labute approximate surface area is 115 Å². The van der Waals surface area contributed by atoms with Crippen molar-refractivity contribution in [1.82, 2.24) is 10.6 Å². The maximum Gasteiger partial charge on any atom is 0.326 e. The molecule has 1 atom stereocenters. The van der Waals surface area contributed by atoms with Crippen molar-refractivity contribution in [2.24, 2.45) is 5.14 Å². The topological polar surface area (TPSA) is 176 Å². The van der Waals surface area contributed by atoms with Gasteiger partial charge in [-0.1, -0.05) is 0 Å². The van der Waals surface area contributed by atoms with Gasteiger partial charge in [0.15, 0.2) is 0 Å². The van der Waals surface area contributed by atoms with Gasteiger partial charge in [-0.05, 0) is 12.8 Å². The van der Waals surface area contributed by atoms with Crippen LogP contribution in [-0.2, 0) is 19.6 Å². The van der Waals surface area contributed by atoms with Crippen molar-refractivity contribution in [2.45, 2.75) is 25.3 Å². The SMILES string of the molecule is NS(=O)(=O)CCNC(=O)N[C@H](CCCC(=O)O)C(=O)O. The number of urea groups is 1. The van der Waals surface area contributed by atoms with Crippen molar-refractivity contribution in [2.75, 3.05) is 12.3 Å². The Morgan fingerprint density at radius 2 is 1.80 bits per heavy atom. The lowest BCUT2D eigenvalue weighted by Crippen LogP contribution is -2.47. The molecule has 0 unspecified atom stereocenters. The number of nitrogens with one attached hydrogen (secondary N) is 2. The predicted molar refractivity (Wildman–Crippen MR) is 67.4 cm³/mol. The Balaban J connectivity index is 4.14. The second-order valence-electron chi connectivity index (χ2n) is 3.94. The Kier molecular flexibility index (Phi) is 7.54. The first kappa shape index (κ1) is 18.1. The number of rotatable bonds is 9. The molecule has 0 bridgehead atoms. The second-order valence-corrected chi connectivity index (χ2v) is 5.68. The summed E-state index contributed by atoms with van der Waals surface area (Å²) in [6, 6.07) is -2.11. The lowest BCUT2D eigenvalue weighted by atomic mass is 10.1. The van der Waals surface area contributed by atoms with Crippen LogP contribution in [0.5, 0.6) is 0 Å². The number of amides is 2. The van der Waals surface area contributed by atoms with Crippen molar-refractivity contribution >= 4 is 28.0 Å². The van der Waals surface area contributed by atoms with E-state index < -0.39 is 39.8 Å². The zero-order chi connectivity index (χ0) is 15.8. The Morgan fingerprint density at radius 3 is 2.25 bits per heavy atom. The van der Waals surface area contributed by atoms with E-state index in [1.165, 1.54) is 0 Å². The van der Waals surface area contributed by atoms with E-state index >= 15 is 0 Å². The zero-order valence-electron chi connectivity index (χ0n) is 10.5. The minimum Gasteiger partial charge on any atom is -0.481 e. The first-order valence-electron chi connectivity index (χ1n) is 5.61. The third-order valence-electron chi connectivity index (χ3n) is 2.16. The highest BCUT2D eigenvalue weighted by atomic mass is 32.2. The van der Waals surface area contributed by atoms with E-state index in [0.29, 0.717) is 0 Å². The molecule has 0 spiro atoms. The first-order chi connectivity index (χ1) is 9.11. The summed E-state index contributed by atoms with van der Waals surface area (Å²) < 4.78 is 21.2. The van der Waals surface area contributed by atoms with E-state index in [4.69, 9.17) is 15.4 Å². The highest BCUT2D eigenvalue weighted by Gasteiger charge is 2.19. The molecule has 0 aliphatic heterocycles. The van der Waals surface area contributed by atoms with Gasteiger partial charge in [0, 0.05) is 13.0 Å². The molecule has 0 fully saturated rings. The largest absolute Gasteiger partial charge is 0.481 e.